The summed E-state index contributed by atoms with van der Waals surface area (Å²) in [5.41, 5.74) is 0. The van der Waals surface area contributed by atoms with Gasteiger partial charge in [-0.2, -0.15) is 0 Å². The number of amides is 3. The highest BCUT2D eigenvalue weighted by atomic mass is 16.4. The normalized spacial score (nSPS) is 10.8. The lowest BCUT2D eigenvalue weighted by molar-refractivity contribution is -0.137. The van der Waals surface area contributed by atoms with Gasteiger partial charge in [0.25, 0.3) is 0 Å². The third-order valence-corrected chi connectivity index (χ3v) is 4.28. The van der Waals surface area contributed by atoms with Crippen molar-refractivity contribution in [3.05, 3.63) is 12.2 Å². The van der Waals surface area contributed by atoms with Crippen LogP contribution in [-0.2, 0) is 9.59 Å². The molecule has 0 saturated carbocycles. The number of hydrogen-bond donors (Lipinski definition) is 4. The Bertz CT molecular complexity index is 453. The van der Waals surface area contributed by atoms with Gasteiger partial charge >= 0.3 is 12.0 Å². The molecule has 7 nitrogen and oxygen atoms in total. The van der Waals surface area contributed by atoms with Crippen molar-refractivity contribution in [2.75, 3.05) is 19.6 Å². The first-order valence-corrected chi connectivity index (χ1v) is 10.7. The summed E-state index contributed by atoms with van der Waals surface area (Å²) >= 11 is 0. The Morgan fingerprint density at radius 1 is 0.750 bits per heavy atom. The van der Waals surface area contributed by atoms with Gasteiger partial charge in [-0.1, -0.05) is 44.8 Å². The van der Waals surface area contributed by atoms with E-state index in [4.69, 9.17) is 5.11 Å². The van der Waals surface area contributed by atoms with Crippen LogP contribution in [0.5, 0.6) is 0 Å². The molecule has 0 fully saturated rings. The predicted octanol–water partition coefficient (Wildman–Crippen LogP) is 3.74. The summed E-state index contributed by atoms with van der Waals surface area (Å²) in [4.78, 5) is 33.1. The van der Waals surface area contributed by atoms with Gasteiger partial charge in [0, 0.05) is 19.5 Å². The molecule has 0 saturated heterocycles. The fourth-order valence-electron chi connectivity index (χ4n) is 2.63. The number of nitrogens with one attached hydrogen (secondary N) is 3. The van der Waals surface area contributed by atoms with Gasteiger partial charge in [-0.25, -0.2) is 4.79 Å². The molecule has 7 heteroatoms. The van der Waals surface area contributed by atoms with E-state index in [0.717, 1.165) is 77.2 Å². The minimum absolute atomic E-state index is 0.0639. The van der Waals surface area contributed by atoms with E-state index in [-0.39, 0.29) is 18.5 Å². The van der Waals surface area contributed by atoms with Crippen LogP contribution in [0.2, 0.25) is 0 Å². The van der Waals surface area contributed by atoms with Crippen molar-refractivity contribution >= 4 is 17.9 Å². The highest BCUT2D eigenvalue weighted by Crippen LogP contribution is 2.06. The molecule has 4 N–H and O–H groups in total. The van der Waals surface area contributed by atoms with Crippen molar-refractivity contribution in [1.29, 1.82) is 0 Å². The van der Waals surface area contributed by atoms with Crippen LogP contribution in [0.1, 0.15) is 84.0 Å². The van der Waals surface area contributed by atoms with E-state index >= 15 is 0 Å². The highest BCUT2D eigenvalue weighted by Gasteiger charge is 2.03. The van der Waals surface area contributed by atoms with E-state index in [1.165, 1.54) is 0 Å². The molecule has 0 aliphatic carbocycles. The van der Waals surface area contributed by atoms with Crippen LogP contribution in [0.3, 0.4) is 0 Å². The van der Waals surface area contributed by atoms with Gasteiger partial charge in [0.15, 0.2) is 0 Å². The lowest BCUT2D eigenvalue weighted by Crippen LogP contribution is -2.36. The Hall–Kier alpha value is -2.05. The molecule has 0 aliphatic heterocycles. The second-order valence-corrected chi connectivity index (χ2v) is 6.98. The number of aliphatic carboxylic acids is 1. The van der Waals surface area contributed by atoms with Crippen LogP contribution in [-0.4, -0.2) is 42.6 Å². The zero-order valence-corrected chi connectivity index (χ0v) is 17.4. The molecule has 0 aromatic carbocycles. The van der Waals surface area contributed by atoms with Crippen LogP contribution in [0.4, 0.5) is 4.79 Å². The number of carboxylic acids is 1. The Morgan fingerprint density at radius 2 is 1.32 bits per heavy atom. The molecule has 0 unspecified atom stereocenters. The summed E-state index contributed by atoms with van der Waals surface area (Å²) in [6.45, 7) is 3.31. The van der Waals surface area contributed by atoms with Crippen molar-refractivity contribution in [3.8, 4) is 0 Å². The summed E-state index contributed by atoms with van der Waals surface area (Å²) in [5, 5.41) is 16.6. The predicted molar refractivity (Wildman–Crippen MR) is 112 cm³/mol. The van der Waals surface area contributed by atoms with Gasteiger partial charge in [-0.05, 0) is 44.9 Å². The van der Waals surface area contributed by atoms with E-state index in [1.807, 2.05) is 0 Å². The number of carboxylic acid groups (broad SMARTS) is 1. The molecule has 3 amide bonds. The Balaban J connectivity index is 3.31. The Labute approximate surface area is 169 Å². The van der Waals surface area contributed by atoms with E-state index < -0.39 is 5.97 Å². The average molecular weight is 398 g/mol. The molecule has 0 atom stereocenters. The van der Waals surface area contributed by atoms with E-state index in [1.54, 1.807) is 0 Å². The number of allylic oxidation sites excluding steroid dienone is 2. The van der Waals surface area contributed by atoms with Gasteiger partial charge in [0.1, 0.15) is 6.54 Å². The third-order valence-electron chi connectivity index (χ3n) is 4.28. The summed E-state index contributed by atoms with van der Waals surface area (Å²) < 4.78 is 0. The van der Waals surface area contributed by atoms with Crippen molar-refractivity contribution < 1.29 is 19.5 Å². The van der Waals surface area contributed by atoms with E-state index in [9.17, 15) is 14.4 Å². The SMILES string of the molecule is CCCCCNC(=O)NCCCC/C=C\CCCCCCC(=O)NCC(=O)O. The maximum absolute atomic E-state index is 11.5. The molecular formula is C21H39N3O4. The van der Waals surface area contributed by atoms with Gasteiger partial charge in [-0.15, -0.1) is 0 Å². The topological polar surface area (TPSA) is 108 Å². The molecule has 0 aliphatic rings. The zero-order valence-electron chi connectivity index (χ0n) is 17.4. The van der Waals surface area contributed by atoms with Crippen molar-refractivity contribution in [2.24, 2.45) is 0 Å². The average Bonchev–Trinajstić information content (AvgIpc) is 2.67. The third kappa shape index (κ3) is 20.3. The smallest absolute Gasteiger partial charge is 0.322 e. The molecule has 0 radical (unpaired) electrons. The fourth-order valence-corrected chi connectivity index (χ4v) is 2.63. The molecule has 0 aromatic rings. The van der Waals surface area contributed by atoms with Crippen LogP contribution in [0.15, 0.2) is 12.2 Å². The number of unbranched alkanes of at least 4 members (excludes halogenated alkanes) is 8. The second kappa shape index (κ2) is 19.7. The maximum atomic E-state index is 11.5. The van der Waals surface area contributed by atoms with Crippen molar-refractivity contribution in [3.63, 3.8) is 0 Å². The summed E-state index contributed by atoms with van der Waals surface area (Å²) in [6.07, 6.45) is 16.2. The molecule has 28 heavy (non-hydrogen) atoms. The molecule has 0 heterocycles. The number of carbonyl (C=O) groups is 3. The quantitative estimate of drug-likeness (QED) is 0.209. The standard InChI is InChI=1S/C21H39N3O4/c1-2-3-13-16-22-21(28)23-17-14-11-9-7-5-4-6-8-10-12-15-19(25)24-18-20(26)27/h5,7H,2-4,6,8-18H2,1H3,(H,24,25)(H,26,27)(H2,22,23,28)/b7-5-. The molecular weight excluding hydrogens is 358 g/mol. The summed E-state index contributed by atoms with van der Waals surface area (Å²) in [5.74, 6) is -1.20. The second-order valence-electron chi connectivity index (χ2n) is 6.98. The molecule has 0 bridgehead atoms. The van der Waals surface area contributed by atoms with Gasteiger partial charge in [0.05, 0.1) is 0 Å². The van der Waals surface area contributed by atoms with Crippen LogP contribution >= 0.6 is 0 Å². The van der Waals surface area contributed by atoms with Crippen LogP contribution in [0, 0.1) is 0 Å². The van der Waals surface area contributed by atoms with Gasteiger partial charge < -0.3 is 21.1 Å². The molecule has 0 rings (SSSR count). The fraction of sp³-hybridized carbons (Fsp3) is 0.762. The van der Waals surface area contributed by atoms with E-state index in [2.05, 4.69) is 35.0 Å². The van der Waals surface area contributed by atoms with Crippen molar-refractivity contribution in [2.45, 2.75) is 84.0 Å². The Kier molecular flexibility index (Phi) is 18.3. The number of carbonyl (C=O) groups excluding carboxylic acids is 2. The minimum Gasteiger partial charge on any atom is -0.480 e. The molecule has 0 aromatic heterocycles. The highest BCUT2D eigenvalue weighted by molar-refractivity contribution is 5.80. The monoisotopic (exact) mass is 397 g/mol. The number of rotatable bonds is 18. The number of hydrogen-bond acceptors (Lipinski definition) is 3. The molecule has 0 spiro atoms. The number of urea groups is 1. The van der Waals surface area contributed by atoms with Crippen LogP contribution < -0.4 is 16.0 Å². The summed E-state index contributed by atoms with van der Waals surface area (Å²) in [7, 11) is 0. The maximum Gasteiger partial charge on any atom is 0.322 e. The first-order chi connectivity index (χ1) is 13.6. The Morgan fingerprint density at radius 3 is 1.93 bits per heavy atom. The molecule has 162 valence electrons. The van der Waals surface area contributed by atoms with Crippen LogP contribution in [0.25, 0.3) is 0 Å². The lowest BCUT2D eigenvalue weighted by Gasteiger charge is -2.06. The summed E-state index contributed by atoms with van der Waals surface area (Å²) in [6, 6.07) is -0.0639. The first-order valence-electron chi connectivity index (χ1n) is 10.7. The lowest BCUT2D eigenvalue weighted by atomic mass is 10.1. The van der Waals surface area contributed by atoms with E-state index in [0.29, 0.717) is 13.0 Å². The minimum atomic E-state index is -1.01. The van der Waals surface area contributed by atoms with Gasteiger partial charge in [0.2, 0.25) is 5.91 Å². The van der Waals surface area contributed by atoms with Gasteiger partial charge in [-0.3, -0.25) is 9.59 Å². The largest absolute Gasteiger partial charge is 0.480 e. The van der Waals surface area contributed by atoms with Crippen molar-refractivity contribution in [1.82, 2.24) is 16.0 Å². The first kappa shape index (κ1) is 26.0. The zero-order chi connectivity index (χ0) is 20.9.